The van der Waals surface area contributed by atoms with E-state index in [1.54, 1.807) is 19.1 Å². The van der Waals surface area contributed by atoms with E-state index in [1.807, 2.05) is 12.1 Å². The third kappa shape index (κ3) is 3.57. The van der Waals surface area contributed by atoms with Gasteiger partial charge in [0.15, 0.2) is 6.10 Å². The number of amides is 1. The van der Waals surface area contributed by atoms with Crippen LogP contribution in [0.5, 0.6) is 0 Å². The minimum atomic E-state index is -0.767. The molecule has 0 saturated heterocycles. The number of hydrogen-bond donors (Lipinski definition) is 1. The van der Waals surface area contributed by atoms with Gasteiger partial charge >= 0.3 is 5.97 Å². The molecule has 0 unspecified atom stereocenters. The van der Waals surface area contributed by atoms with Gasteiger partial charge in [0.25, 0.3) is 5.91 Å². The fourth-order valence-electron chi connectivity index (χ4n) is 1.45. The molecule has 1 N–H and O–H groups in total. The lowest BCUT2D eigenvalue weighted by Gasteiger charge is -2.13. The van der Waals surface area contributed by atoms with Crippen LogP contribution in [0.15, 0.2) is 28.7 Å². The molecule has 0 bridgehead atoms. The van der Waals surface area contributed by atoms with Gasteiger partial charge in [0, 0.05) is 10.2 Å². The molecule has 5 heteroatoms. The predicted octanol–water partition coefficient (Wildman–Crippen LogP) is 2.73. The molecule has 1 saturated carbocycles. The molecule has 1 atom stereocenters. The first-order valence-electron chi connectivity index (χ1n) is 5.83. The van der Waals surface area contributed by atoms with Gasteiger partial charge in [-0.15, -0.1) is 0 Å². The molecule has 0 spiro atoms. The minimum absolute atomic E-state index is 0.00567. The smallest absolute Gasteiger partial charge is 0.309 e. The third-order valence-electron chi connectivity index (χ3n) is 2.66. The number of carbonyl (C=O) groups excluding carboxylic acids is 2. The highest BCUT2D eigenvalue weighted by Crippen LogP contribution is 2.30. The Kier molecular flexibility index (Phi) is 4.01. The van der Waals surface area contributed by atoms with E-state index in [0.717, 1.165) is 17.3 Å². The Morgan fingerprint density at radius 1 is 1.44 bits per heavy atom. The largest absolute Gasteiger partial charge is 0.452 e. The number of halogens is 1. The van der Waals surface area contributed by atoms with Gasteiger partial charge in [-0.05, 0) is 38.0 Å². The molecule has 0 aromatic heterocycles. The molecular weight excluding hydrogens is 298 g/mol. The van der Waals surface area contributed by atoms with E-state index in [-0.39, 0.29) is 17.8 Å². The summed E-state index contributed by atoms with van der Waals surface area (Å²) in [5.41, 5.74) is 0.670. The molecule has 1 aromatic carbocycles. The Balaban J connectivity index is 1.88. The zero-order valence-corrected chi connectivity index (χ0v) is 11.6. The molecule has 18 heavy (non-hydrogen) atoms. The number of anilines is 1. The molecule has 96 valence electrons. The van der Waals surface area contributed by atoms with Crippen LogP contribution in [-0.2, 0) is 14.3 Å². The quantitative estimate of drug-likeness (QED) is 0.870. The second-order valence-electron chi connectivity index (χ2n) is 4.35. The van der Waals surface area contributed by atoms with Crippen molar-refractivity contribution in [1.29, 1.82) is 0 Å². The van der Waals surface area contributed by atoms with Crippen LogP contribution in [0.25, 0.3) is 0 Å². The van der Waals surface area contributed by atoms with E-state index >= 15 is 0 Å². The zero-order chi connectivity index (χ0) is 13.1. The Labute approximate surface area is 114 Å². The Morgan fingerprint density at radius 3 is 2.78 bits per heavy atom. The van der Waals surface area contributed by atoms with Crippen molar-refractivity contribution in [2.24, 2.45) is 5.92 Å². The maximum atomic E-state index is 11.8. The van der Waals surface area contributed by atoms with E-state index in [1.165, 1.54) is 0 Å². The molecule has 1 fully saturated rings. The Bertz CT molecular complexity index is 471. The predicted molar refractivity (Wildman–Crippen MR) is 71.0 cm³/mol. The maximum Gasteiger partial charge on any atom is 0.309 e. The lowest BCUT2D eigenvalue weighted by molar-refractivity contribution is -0.154. The highest BCUT2D eigenvalue weighted by Gasteiger charge is 2.33. The molecule has 1 aliphatic rings. The van der Waals surface area contributed by atoms with Crippen molar-refractivity contribution in [2.45, 2.75) is 25.9 Å². The Morgan fingerprint density at radius 2 is 2.17 bits per heavy atom. The Hall–Kier alpha value is -1.36. The molecule has 0 aliphatic heterocycles. The molecule has 0 heterocycles. The van der Waals surface area contributed by atoms with Crippen LogP contribution >= 0.6 is 15.9 Å². The number of nitrogens with one attached hydrogen (secondary N) is 1. The molecule has 1 amide bonds. The van der Waals surface area contributed by atoms with E-state index < -0.39 is 6.10 Å². The van der Waals surface area contributed by atoms with Crippen molar-refractivity contribution < 1.29 is 14.3 Å². The molecule has 1 aromatic rings. The van der Waals surface area contributed by atoms with Crippen LogP contribution in [-0.4, -0.2) is 18.0 Å². The summed E-state index contributed by atoms with van der Waals surface area (Å²) in [6.45, 7) is 1.58. The van der Waals surface area contributed by atoms with Gasteiger partial charge in [0.05, 0.1) is 5.92 Å². The van der Waals surface area contributed by atoms with Gasteiger partial charge in [0.2, 0.25) is 0 Å². The van der Waals surface area contributed by atoms with Crippen LogP contribution < -0.4 is 5.32 Å². The van der Waals surface area contributed by atoms with Crippen molar-refractivity contribution in [3.63, 3.8) is 0 Å². The number of carbonyl (C=O) groups is 2. The summed E-state index contributed by atoms with van der Waals surface area (Å²) < 4.78 is 5.95. The van der Waals surface area contributed by atoms with Gasteiger partial charge in [-0.1, -0.05) is 22.0 Å². The zero-order valence-electron chi connectivity index (χ0n) is 9.98. The van der Waals surface area contributed by atoms with E-state index in [2.05, 4.69) is 21.2 Å². The van der Waals surface area contributed by atoms with Crippen LogP contribution in [0.1, 0.15) is 19.8 Å². The molecular formula is C13H14BrNO3. The number of hydrogen-bond acceptors (Lipinski definition) is 3. The van der Waals surface area contributed by atoms with Crippen LogP contribution in [0, 0.1) is 5.92 Å². The average molecular weight is 312 g/mol. The van der Waals surface area contributed by atoms with E-state index in [9.17, 15) is 9.59 Å². The first-order chi connectivity index (χ1) is 8.56. The van der Waals surface area contributed by atoms with Gasteiger partial charge in [0.1, 0.15) is 0 Å². The van der Waals surface area contributed by atoms with Crippen molar-refractivity contribution in [3.8, 4) is 0 Å². The molecule has 1 aliphatic carbocycles. The van der Waals surface area contributed by atoms with Crippen molar-refractivity contribution in [1.82, 2.24) is 0 Å². The second kappa shape index (κ2) is 5.52. The van der Waals surface area contributed by atoms with E-state index in [0.29, 0.717) is 5.69 Å². The lowest BCUT2D eigenvalue weighted by atomic mass is 10.3. The fourth-order valence-corrected chi connectivity index (χ4v) is 1.85. The monoisotopic (exact) mass is 311 g/mol. The number of esters is 1. The average Bonchev–Trinajstić information content (AvgIpc) is 3.12. The first kappa shape index (κ1) is 13.1. The van der Waals surface area contributed by atoms with Gasteiger partial charge in [-0.3, -0.25) is 9.59 Å². The first-order valence-corrected chi connectivity index (χ1v) is 6.62. The van der Waals surface area contributed by atoms with Crippen LogP contribution in [0.2, 0.25) is 0 Å². The van der Waals surface area contributed by atoms with Crippen molar-refractivity contribution in [3.05, 3.63) is 28.7 Å². The summed E-state index contributed by atoms with van der Waals surface area (Å²) >= 11 is 3.32. The van der Waals surface area contributed by atoms with Crippen LogP contribution in [0.4, 0.5) is 5.69 Å². The van der Waals surface area contributed by atoms with Crippen molar-refractivity contribution >= 4 is 33.5 Å². The molecule has 0 radical (unpaired) electrons. The highest BCUT2D eigenvalue weighted by atomic mass is 79.9. The topological polar surface area (TPSA) is 55.4 Å². The summed E-state index contributed by atoms with van der Waals surface area (Å²) in [5, 5.41) is 2.70. The summed E-state index contributed by atoms with van der Waals surface area (Å²) in [6, 6.07) is 7.25. The minimum Gasteiger partial charge on any atom is -0.452 e. The summed E-state index contributed by atoms with van der Waals surface area (Å²) in [7, 11) is 0. The SMILES string of the molecule is C[C@H](OC(=O)C1CC1)C(=O)Nc1cccc(Br)c1. The highest BCUT2D eigenvalue weighted by molar-refractivity contribution is 9.10. The fraction of sp³-hybridized carbons (Fsp3) is 0.385. The maximum absolute atomic E-state index is 11.8. The standard InChI is InChI=1S/C13H14BrNO3/c1-8(18-13(17)9-5-6-9)12(16)15-11-4-2-3-10(14)7-11/h2-4,7-9H,5-6H2,1H3,(H,15,16)/t8-/m0/s1. The third-order valence-corrected chi connectivity index (χ3v) is 3.16. The summed E-state index contributed by atoms with van der Waals surface area (Å²) in [6.07, 6.45) is 0.981. The lowest BCUT2D eigenvalue weighted by Crippen LogP contribution is -2.30. The van der Waals surface area contributed by atoms with Gasteiger partial charge in [-0.2, -0.15) is 0 Å². The van der Waals surface area contributed by atoms with Crippen LogP contribution in [0.3, 0.4) is 0 Å². The summed E-state index contributed by atoms with van der Waals surface area (Å²) in [4.78, 5) is 23.2. The second-order valence-corrected chi connectivity index (χ2v) is 5.27. The van der Waals surface area contributed by atoms with Gasteiger partial charge < -0.3 is 10.1 Å². The number of rotatable bonds is 4. The molecule has 2 rings (SSSR count). The summed E-state index contributed by atoms with van der Waals surface area (Å²) in [5.74, 6) is -0.583. The van der Waals surface area contributed by atoms with Crippen molar-refractivity contribution in [2.75, 3.05) is 5.32 Å². The van der Waals surface area contributed by atoms with Gasteiger partial charge in [-0.25, -0.2) is 0 Å². The number of benzene rings is 1. The van der Waals surface area contributed by atoms with E-state index in [4.69, 9.17) is 4.74 Å². The normalized spacial score (nSPS) is 15.9. The molecule has 4 nitrogen and oxygen atoms in total. The number of ether oxygens (including phenoxy) is 1.